The highest BCUT2D eigenvalue weighted by Crippen LogP contribution is 2.40. The van der Waals surface area contributed by atoms with Gasteiger partial charge in [-0.3, -0.25) is 28.9 Å². The summed E-state index contributed by atoms with van der Waals surface area (Å²) in [5.74, 6) is -5.01. The van der Waals surface area contributed by atoms with Crippen LogP contribution in [-0.4, -0.2) is 86.5 Å². The number of carboxylic acids is 1. The molecular formula is C19H20N6O9S2. The van der Waals surface area contributed by atoms with Crippen LogP contribution < -0.4 is 16.8 Å². The molecular weight excluding hydrogens is 520 g/mol. The molecule has 17 heteroatoms. The number of ketones is 1. The Kier molecular flexibility index (Phi) is 8.25. The second kappa shape index (κ2) is 11.2. The second-order valence-electron chi connectivity index (χ2n) is 7.41. The molecule has 2 aliphatic heterocycles. The zero-order valence-electron chi connectivity index (χ0n) is 18.6. The zero-order valence-corrected chi connectivity index (χ0v) is 20.2. The number of esters is 1. The number of aliphatic carboxylic acids is 1. The van der Waals surface area contributed by atoms with Gasteiger partial charge < -0.3 is 31.5 Å². The first-order valence-corrected chi connectivity index (χ1v) is 12.0. The normalized spacial score (nSPS) is 19.2. The van der Waals surface area contributed by atoms with Crippen molar-refractivity contribution >= 4 is 69.4 Å². The maximum atomic E-state index is 12.9. The van der Waals surface area contributed by atoms with Crippen molar-refractivity contribution in [1.29, 1.82) is 0 Å². The number of thioether (sulfide) groups is 1. The van der Waals surface area contributed by atoms with E-state index in [0.29, 0.717) is 0 Å². The van der Waals surface area contributed by atoms with Gasteiger partial charge in [-0.05, 0) is 6.92 Å². The van der Waals surface area contributed by atoms with E-state index in [-0.39, 0.29) is 33.6 Å². The predicted molar refractivity (Wildman–Crippen MR) is 124 cm³/mol. The maximum absolute atomic E-state index is 12.9. The fraction of sp³-hybridized carbons (Fsp3) is 0.368. The summed E-state index contributed by atoms with van der Waals surface area (Å²) < 4.78 is 4.96. The van der Waals surface area contributed by atoms with Gasteiger partial charge in [-0.15, -0.1) is 23.1 Å². The lowest BCUT2D eigenvalue weighted by Gasteiger charge is -2.49. The third kappa shape index (κ3) is 5.98. The highest BCUT2D eigenvalue weighted by atomic mass is 32.2. The average Bonchev–Trinajstić information content (AvgIpc) is 3.22. The number of amides is 3. The fourth-order valence-electron chi connectivity index (χ4n) is 3.19. The van der Waals surface area contributed by atoms with Gasteiger partial charge in [0.05, 0.1) is 0 Å². The first kappa shape index (κ1) is 26.6. The van der Waals surface area contributed by atoms with E-state index in [9.17, 15) is 33.9 Å². The number of oxime groups is 1. The number of anilines is 1. The number of nitrogens with two attached hydrogens (primary N) is 2. The average molecular weight is 541 g/mol. The van der Waals surface area contributed by atoms with Gasteiger partial charge >= 0.3 is 11.9 Å². The molecule has 0 aromatic carbocycles. The van der Waals surface area contributed by atoms with E-state index in [1.165, 1.54) is 12.3 Å². The van der Waals surface area contributed by atoms with Crippen molar-refractivity contribution < 1.29 is 43.4 Å². The molecule has 1 saturated heterocycles. The summed E-state index contributed by atoms with van der Waals surface area (Å²) in [7, 11) is 0. The molecule has 15 nitrogen and oxygen atoms in total. The van der Waals surface area contributed by atoms with E-state index in [1.54, 1.807) is 0 Å². The minimum atomic E-state index is -1.42. The number of hydrogen-bond acceptors (Lipinski definition) is 13. The number of aromatic nitrogens is 1. The molecule has 3 rings (SSSR count). The van der Waals surface area contributed by atoms with Crippen LogP contribution in [0.5, 0.6) is 0 Å². The lowest BCUT2D eigenvalue weighted by molar-refractivity contribution is -0.150. The molecule has 0 bridgehead atoms. The van der Waals surface area contributed by atoms with Crippen LogP contribution >= 0.6 is 23.1 Å². The number of nitrogens with zero attached hydrogens (tertiary/aromatic N) is 3. The fourth-order valence-corrected chi connectivity index (χ4v) is 5.06. The largest absolute Gasteiger partial charge is 0.477 e. The SMILES string of the molecule is CC(=O)CC(=O)OCC1=C(C(=O)O)N2C(=O)[C@@H](NC(=O)/C(=N\OCC(N)=O)c3csc(N)n3)[C@H]2SC1. The second-order valence-corrected chi connectivity index (χ2v) is 9.40. The molecule has 1 aromatic rings. The lowest BCUT2D eigenvalue weighted by Crippen LogP contribution is -2.71. The molecule has 0 radical (unpaired) electrons. The highest BCUT2D eigenvalue weighted by Gasteiger charge is 2.54. The smallest absolute Gasteiger partial charge is 0.352 e. The third-order valence-electron chi connectivity index (χ3n) is 4.68. The number of rotatable bonds is 11. The summed E-state index contributed by atoms with van der Waals surface area (Å²) in [6.45, 7) is 0.186. The Morgan fingerprint density at radius 1 is 1.33 bits per heavy atom. The molecule has 1 aromatic heterocycles. The summed E-state index contributed by atoms with van der Waals surface area (Å²) in [4.78, 5) is 80.9. The number of carbonyl (C=O) groups excluding carboxylic acids is 5. The predicted octanol–water partition coefficient (Wildman–Crippen LogP) is -1.81. The Morgan fingerprint density at radius 3 is 2.64 bits per heavy atom. The van der Waals surface area contributed by atoms with E-state index in [4.69, 9.17) is 21.0 Å². The van der Waals surface area contributed by atoms with Crippen LogP contribution in [-0.2, 0) is 38.3 Å². The van der Waals surface area contributed by atoms with Crippen LogP contribution in [0.15, 0.2) is 21.8 Å². The zero-order chi connectivity index (χ0) is 26.6. The standard InChI is InChI=1S/C19H20N6O9S2/c1-7(26)2-11(28)33-3-8-5-35-17-13(16(30)25(17)14(8)18(31)32)23-15(29)12(24-34-4-10(20)27)9-6-36-19(21)22-9/h6,13,17H,2-5H2,1H3,(H2,20,27)(H2,21,22)(H,23,29)(H,31,32)/b24-12-/t13-,17-/m1/s1. The molecule has 36 heavy (non-hydrogen) atoms. The number of nitrogen functional groups attached to an aromatic ring is 1. The Balaban J connectivity index is 1.74. The van der Waals surface area contributed by atoms with Crippen molar-refractivity contribution in [2.45, 2.75) is 24.8 Å². The minimum Gasteiger partial charge on any atom is -0.477 e. The number of carboxylic acid groups (broad SMARTS) is 1. The third-order valence-corrected chi connectivity index (χ3v) is 6.69. The van der Waals surface area contributed by atoms with Gasteiger partial charge in [-0.25, -0.2) is 9.78 Å². The van der Waals surface area contributed by atoms with E-state index < -0.39 is 66.5 Å². The Morgan fingerprint density at radius 2 is 2.06 bits per heavy atom. The molecule has 2 aliphatic rings. The van der Waals surface area contributed by atoms with Crippen molar-refractivity contribution in [3.05, 3.63) is 22.3 Å². The molecule has 0 saturated carbocycles. The first-order valence-electron chi connectivity index (χ1n) is 10.0. The van der Waals surface area contributed by atoms with Crippen molar-refractivity contribution in [3.8, 4) is 0 Å². The number of Topliss-reactive ketones (excluding diaryl/α,β-unsaturated/α-hetero) is 1. The van der Waals surface area contributed by atoms with Gasteiger partial charge in [-0.1, -0.05) is 5.16 Å². The van der Waals surface area contributed by atoms with Crippen LogP contribution in [0.25, 0.3) is 0 Å². The topological polar surface area (TPSA) is 234 Å². The number of hydrogen-bond donors (Lipinski definition) is 4. The molecule has 0 spiro atoms. The number of carbonyl (C=O) groups is 6. The van der Waals surface area contributed by atoms with E-state index >= 15 is 0 Å². The number of nitrogens with one attached hydrogen (secondary N) is 1. The molecule has 2 atom stereocenters. The van der Waals surface area contributed by atoms with Crippen molar-refractivity contribution in [3.63, 3.8) is 0 Å². The Bertz CT molecular complexity index is 1190. The summed E-state index contributed by atoms with van der Waals surface area (Å²) in [6.07, 6.45) is -0.458. The molecule has 1 fully saturated rings. The summed E-state index contributed by atoms with van der Waals surface area (Å²) in [5, 5.41) is 16.5. The van der Waals surface area contributed by atoms with Gasteiger partial charge in [-0.2, -0.15) is 0 Å². The van der Waals surface area contributed by atoms with Gasteiger partial charge in [0.1, 0.15) is 41.6 Å². The van der Waals surface area contributed by atoms with Crippen molar-refractivity contribution in [1.82, 2.24) is 15.2 Å². The monoisotopic (exact) mass is 540 g/mol. The van der Waals surface area contributed by atoms with Crippen LogP contribution in [0.4, 0.5) is 5.13 Å². The molecule has 6 N–H and O–H groups in total. The lowest BCUT2D eigenvalue weighted by atomic mass is 10.0. The quantitative estimate of drug-likeness (QED) is 0.0799. The molecule has 3 heterocycles. The van der Waals surface area contributed by atoms with Gasteiger partial charge in [0.2, 0.25) is 0 Å². The van der Waals surface area contributed by atoms with E-state index in [2.05, 4.69) is 15.5 Å². The highest BCUT2D eigenvalue weighted by molar-refractivity contribution is 8.00. The van der Waals surface area contributed by atoms with Crippen LogP contribution in [0.1, 0.15) is 19.0 Å². The van der Waals surface area contributed by atoms with Crippen molar-refractivity contribution in [2.24, 2.45) is 10.9 Å². The van der Waals surface area contributed by atoms with Crippen LogP contribution in [0.2, 0.25) is 0 Å². The Hall–Kier alpha value is -3.99. The summed E-state index contributed by atoms with van der Waals surface area (Å²) in [6, 6.07) is -1.11. The molecule has 0 aliphatic carbocycles. The van der Waals surface area contributed by atoms with E-state index in [1.807, 2.05) is 0 Å². The molecule has 192 valence electrons. The maximum Gasteiger partial charge on any atom is 0.352 e. The number of fused-ring (bicyclic) bond motifs is 1. The minimum absolute atomic E-state index is 0.0279. The summed E-state index contributed by atoms with van der Waals surface area (Å²) in [5.41, 5.74) is 10.0. The van der Waals surface area contributed by atoms with Crippen molar-refractivity contribution in [2.75, 3.05) is 24.7 Å². The molecule has 0 unspecified atom stereocenters. The first-order chi connectivity index (χ1) is 17.0. The van der Waals surface area contributed by atoms with Gasteiger partial charge in [0.25, 0.3) is 17.7 Å². The number of ether oxygens (including phenoxy) is 1. The number of primary amides is 1. The van der Waals surface area contributed by atoms with E-state index in [0.717, 1.165) is 28.0 Å². The number of thiazole rings is 1. The Labute approximate surface area is 210 Å². The number of β-lactam (4-membered cyclic amide) rings is 1. The van der Waals surface area contributed by atoms with Gasteiger partial charge in [0.15, 0.2) is 17.5 Å². The van der Waals surface area contributed by atoms with Gasteiger partial charge in [0, 0.05) is 16.7 Å². The molecule has 3 amide bonds. The van der Waals surface area contributed by atoms with Crippen LogP contribution in [0.3, 0.4) is 0 Å². The van der Waals surface area contributed by atoms with Crippen LogP contribution in [0, 0.1) is 0 Å². The summed E-state index contributed by atoms with van der Waals surface area (Å²) >= 11 is 2.15.